The number of benzene rings is 1. The second-order valence-corrected chi connectivity index (χ2v) is 9.77. The standard InChI is InChI=1S/C26H31F2N5O4/c1-2-35-25-31-30-23(36-25)18-7-6-8-20(15-18)33(24(34)19-12-13-26(27,28)16-19)14-5-3-4-9-21-29-22(32-37-21)17-10-11-17/h6-8,15,17,19H,2-5,9-14,16H2,1H3. The molecule has 1 amide bonds. The Kier molecular flexibility index (Phi) is 7.48. The molecule has 0 radical (unpaired) electrons. The molecule has 1 atom stereocenters. The number of ether oxygens (including phenoxy) is 1. The van der Waals surface area contributed by atoms with Crippen LogP contribution in [0.15, 0.2) is 33.2 Å². The molecule has 0 bridgehead atoms. The van der Waals surface area contributed by atoms with Crippen molar-refractivity contribution in [2.75, 3.05) is 18.1 Å². The smallest absolute Gasteiger partial charge is 0.414 e. The molecule has 0 aliphatic heterocycles. The van der Waals surface area contributed by atoms with Crippen LogP contribution in [-0.4, -0.2) is 45.3 Å². The topological polar surface area (TPSA) is 107 Å². The summed E-state index contributed by atoms with van der Waals surface area (Å²) >= 11 is 0. The Hall–Kier alpha value is -3.37. The van der Waals surface area contributed by atoms with Crippen molar-refractivity contribution in [1.29, 1.82) is 0 Å². The van der Waals surface area contributed by atoms with E-state index in [0.717, 1.165) is 31.5 Å². The van der Waals surface area contributed by atoms with Gasteiger partial charge in [-0.05, 0) is 57.2 Å². The summed E-state index contributed by atoms with van der Waals surface area (Å²) in [6.07, 6.45) is 4.86. The van der Waals surface area contributed by atoms with E-state index in [1.54, 1.807) is 29.2 Å². The van der Waals surface area contributed by atoms with E-state index in [1.165, 1.54) is 0 Å². The number of carbonyl (C=O) groups excluding carboxylic acids is 1. The Balaban J connectivity index is 1.25. The van der Waals surface area contributed by atoms with Crippen LogP contribution in [-0.2, 0) is 11.2 Å². The summed E-state index contributed by atoms with van der Waals surface area (Å²) in [5.41, 5.74) is 1.23. The summed E-state index contributed by atoms with van der Waals surface area (Å²) < 4.78 is 43.9. The molecule has 37 heavy (non-hydrogen) atoms. The summed E-state index contributed by atoms with van der Waals surface area (Å²) in [5, 5.41) is 11.9. The zero-order valence-corrected chi connectivity index (χ0v) is 20.9. The number of hydrogen-bond donors (Lipinski definition) is 0. The van der Waals surface area contributed by atoms with E-state index in [-0.39, 0.29) is 30.7 Å². The highest BCUT2D eigenvalue weighted by Crippen LogP contribution is 2.40. The highest BCUT2D eigenvalue weighted by Gasteiger charge is 2.43. The van der Waals surface area contributed by atoms with E-state index < -0.39 is 18.3 Å². The SMILES string of the molecule is CCOc1nnc(-c2cccc(N(CCCCCc3nc(C4CC4)no3)C(=O)C3CCC(F)(F)C3)c2)o1. The van der Waals surface area contributed by atoms with E-state index in [1.807, 2.05) is 6.92 Å². The number of alkyl halides is 2. The molecule has 0 saturated heterocycles. The van der Waals surface area contributed by atoms with Crippen LogP contribution < -0.4 is 9.64 Å². The number of hydrogen-bond acceptors (Lipinski definition) is 8. The lowest BCUT2D eigenvalue weighted by Gasteiger charge is -2.26. The monoisotopic (exact) mass is 515 g/mol. The molecule has 2 saturated carbocycles. The number of aromatic nitrogens is 4. The number of amides is 1. The number of rotatable bonds is 12. The normalized spacial score (nSPS) is 18.7. The van der Waals surface area contributed by atoms with E-state index >= 15 is 0 Å². The molecule has 3 aromatic rings. The average Bonchev–Trinajstić information content (AvgIpc) is 3.26. The second kappa shape index (κ2) is 10.9. The predicted octanol–water partition coefficient (Wildman–Crippen LogP) is 5.58. The third-order valence-electron chi connectivity index (χ3n) is 6.80. The molecule has 11 heteroatoms. The van der Waals surface area contributed by atoms with Crippen molar-refractivity contribution < 1.29 is 27.3 Å². The van der Waals surface area contributed by atoms with Gasteiger partial charge in [-0.25, -0.2) is 8.78 Å². The number of carbonyl (C=O) groups is 1. The summed E-state index contributed by atoms with van der Waals surface area (Å²) in [4.78, 5) is 19.5. The fourth-order valence-electron chi connectivity index (χ4n) is 4.66. The first-order valence-electron chi connectivity index (χ1n) is 13.0. The number of anilines is 1. The number of nitrogens with zero attached hydrogens (tertiary/aromatic N) is 5. The van der Waals surface area contributed by atoms with Gasteiger partial charge in [0.2, 0.25) is 17.7 Å². The van der Waals surface area contributed by atoms with E-state index in [9.17, 15) is 13.6 Å². The largest absolute Gasteiger partial charge is 0.449 e. The van der Waals surface area contributed by atoms with Crippen LogP contribution in [0.1, 0.15) is 75.9 Å². The van der Waals surface area contributed by atoms with Crippen molar-refractivity contribution in [1.82, 2.24) is 20.3 Å². The van der Waals surface area contributed by atoms with Crippen molar-refractivity contribution in [2.24, 2.45) is 5.92 Å². The van der Waals surface area contributed by atoms with Gasteiger partial charge in [0.05, 0.1) is 6.61 Å². The van der Waals surface area contributed by atoms with Gasteiger partial charge >= 0.3 is 6.08 Å². The zero-order chi connectivity index (χ0) is 25.8. The number of halogens is 2. The molecule has 2 aliphatic rings. The molecule has 9 nitrogen and oxygen atoms in total. The first-order chi connectivity index (χ1) is 17.9. The molecule has 0 N–H and O–H groups in total. The van der Waals surface area contributed by atoms with Gasteiger partial charge in [0.25, 0.3) is 5.89 Å². The quantitative estimate of drug-likeness (QED) is 0.288. The fraction of sp³-hybridized carbons (Fsp3) is 0.577. The summed E-state index contributed by atoms with van der Waals surface area (Å²) in [5.74, 6) is -1.62. The van der Waals surface area contributed by atoms with Crippen LogP contribution in [0.4, 0.5) is 14.5 Å². The maximum atomic E-state index is 13.9. The minimum Gasteiger partial charge on any atom is -0.449 e. The summed E-state index contributed by atoms with van der Waals surface area (Å²) in [6, 6.07) is 7.14. The second-order valence-electron chi connectivity index (χ2n) is 9.77. The van der Waals surface area contributed by atoms with Gasteiger partial charge in [-0.15, -0.1) is 5.10 Å². The van der Waals surface area contributed by atoms with Crippen molar-refractivity contribution in [3.63, 3.8) is 0 Å². The minimum absolute atomic E-state index is 0.0644. The molecule has 2 aliphatic carbocycles. The first-order valence-corrected chi connectivity index (χ1v) is 13.0. The third-order valence-corrected chi connectivity index (χ3v) is 6.80. The van der Waals surface area contributed by atoms with Gasteiger partial charge in [0.1, 0.15) is 0 Å². The molecule has 198 valence electrons. The molecular weight excluding hydrogens is 484 g/mol. The van der Waals surface area contributed by atoms with E-state index in [4.69, 9.17) is 13.7 Å². The van der Waals surface area contributed by atoms with Crippen molar-refractivity contribution in [2.45, 2.75) is 76.6 Å². The van der Waals surface area contributed by atoms with Crippen LogP contribution in [0.2, 0.25) is 0 Å². The van der Waals surface area contributed by atoms with Gasteiger partial charge < -0.3 is 18.6 Å². The fourth-order valence-corrected chi connectivity index (χ4v) is 4.66. The van der Waals surface area contributed by atoms with Gasteiger partial charge in [-0.2, -0.15) is 4.98 Å². The van der Waals surface area contributed by atoms with Crippen molar-refractivity contribution in [3.05, 3.63) is 36.0 Å². The highest BCUT2D eigenvalue weighted by atomic mass is 19.3. The summed E-state index contributed by atoms with van der Waals surface area (Å²) in [6.45, 7) is 2.62. The van der Waals surface area contributed by atoms with Gasteiger partial charge in [0.15, 0.2) is 5.82 Å². The lowest BCUT2D eigenvalue weighted by atomic mass is 10.0. The van der Waals surface area contributed by atoms with Gasteiger partial charge in [0, 0.05) is 48.9 Å². The molecule has 2 heterocycles. The number of unbranched alkanes of at least 4 members (excludes halogenated alkanes) is 2. The van der Waals surface area contributed by atoms with Crippen LogP contribution in [0, 0.1) is 5.92 Å². The molecular formula is C26H31F2N5O4. The van der Waals surface area contributed by atoms with Crippen LogP contribution in [0.25, 0.3) is 11.5 Å². The third kappa shape index (κ3) is 6.31. The Labute approximate surface area is 213 Å². The Morgan fingerprint density at radius 3 is 2.81 bits per heavy atom. The van der Waals surface area contributed by atoms with Crippen LogP contribution in [0.5, 0.6) is 6.08 Å². The van der Waals surface area contributed by atoms with Crippen molar-refractivity contribution >= 4 is 11.6 Å². The average molecular weight is 516 g/mol. The Bertz CT molecular complexity index is 1210. The maximum Gasteiger partial charge on any atom is 0.414 e. The molecule has 2 fully saturated rings. The Morgan fingerprint density at radius 2 is 2.05 bits per heavy atom. The first kappa shape index (κ1) is 25.3. The van der Waals surface area contributed by atoms with E-state index in [2.05, 4.69) is 20.3 Å². The van der Waals surface area contributed by atoms with Gasteiger partial charge in [-0.1, -0.05) is 22.7 Å². The molecule has 0 spiro atoms. The van der Waals surface area contributed by atoms with Crippen molar-refractivity contribution in [3.8, 4) is 17.5 Å². The Morgan fingerprint density at radius 1 is 1.19 bits per heavy atom. The van der Waals surface area contributed by atoms with Gasteiger partial charge in [-0.3, -0.25) is 4.79 Å². The lowest BCUT2D eigenvalue weighted by Crippen LogP contribution is -2.36. The van der Waals surface area contributed by atoms with E-state index in [0.29, 0.717) is 49.1 Å². The minimum atomic E-state index is -2.79. The lowest BCUT2D eigenvalue weighted by molar-refractivity contribution is -0.123. The molecule has 1 unspecified atom stereocenters. The predicted molar refractivity (Wildman–Crippen MR) is 129 cm³/mol. The number of aryl methyl sites for hydroxylation is 1. The molecule has 2 aromatic heterocycles. The molecule has 5 rings (SSSR count). The summed E-state index contributed by atoms with van der Waals surface area (Å²) in [7, 11) is 0. The highest BCUT2D eigenvalue weighted by molar-refractivity contribution is 5.95. The molecule has 1 aromatic carbocycles. The maximum absolute atomic E-state index is 13.9. The zero-order valence-electron chi connectivity index (χ0n) is 20.9. The van der Waals surface area contributed by atoms with Crippen LogP contribution >= 0.6 is 0 Å². The van der Waals surface area contributed by atoms with Crippen LogP contribution in [0.3, 0.4) is 0 Å².